The van der Waals surface area contributed by atoms with Gasteiger partial charge in [0, 0.05) is 17.3 Å². The molecule has 1 N–H and O–H groups in total. The van der Waals surface area contributed by atoms with Crippen molar-refractivity contribution in [3.05, 3.63) is 62.5 Å². The van der Waals surface area contributed by atoms with Crippen LogP contribution in [0.3, 0.4) is 0 Å². The molecule has 2 aromatic rings. The summed E-state index contributed by atoms with van der Waals surface area (Å²) in [5.74, 6) is -0.317. The molecule has 0 amide bonds. The van der Waals surface area contributed by atoms with Gasteiger partial charge in [0.2, 0.25) is 0 Å². The van der Waals surface area contributed by atoms with Crippen LogP contribution in [0.1, 0.15) is 49.6 Å². The maximum absolute atomic E-state index is 13.3. The molecular formula is C23H29ClN2O4. The fourth-order valence-electron chi connectivity index (χ4n) is 4.31. The molecule has 0 saturated carbocycles. The van der Waals surface area contributed by atoms with Crippen LogP contribution in [0.4, 0.5) is 0 Å². The van der Waals surface area contributed by atoms with Crippen molar-refractivity contribution >= 4 is 17.6 Å². The Morgan fingerprint density at radius 2 is 1.97 bits per heavy atom. The molecule has 1 aromatic heterocycles. The quantitative estimate of drug-likeness (QED) is 0.701. The maximum atomic E-state index is 13.3. The molecule has 6 nitrogen and oxygen atoms in total. The van der Waals surface area contributed by atoms with Gasteiger partial charge in [0.1, 0.15) is 5.75 Å². The van der Waals surface area contributed by atoms with Gasteiger partial charge < -0.3 is 14.4 Å². The van der Waals surface area contributed by atoms with Gasteiger partial charge in [-0.15, -0.1) is 0 Å². The van der Waals surface area contributed by atoms with E-state index in [4.69, 9.17) is 16.3 Å². The van der Waals surface area contributed by atoms with Gasteiger partial charge in [0.25, 0.3) is 5.56 Å². The van der Waals surface area contributed by atoms with Gasteiger partial charge in [-0.2, -0.15) is 0 Å². The Morgan fingerprint density at radius 1 is 1.27 bits per heavy atom. The lowest BCUT2D eigenvalue weighted by atomic mass is 9.91. The zero-order valence-electron chi connectivity index (χ0n) is 17.7. The van der Waals surface area contributed by atoms with Crippen molar-refractivity contribution < 1.29 is 14.6 Å². The van der Waals surface area contributed by atoms with Crippen molar-refractivity contribution in [1.29, 1.82) is 0 Å². The summed E-state index contributed by atoms with van der Waals surface area (Å²) >= 11 is 6.25. The first kappa shape index (κ1) is 22.4. The molecule has 0 radical (unpaired) electrons. The van der Waals surface area contributed by atoms with Gasteiger partial charge >= 0.3 is 5.97 Å². The van der Waals surface area contributed by atoms with Crippen LogP contribution in [-0.2, 0) is 16.1 Å². The predicted octanol–water partition coefficient (Wildman–Crippen LogP) is 3.90. The minimum Gasteiger partial charge on any atom is -0.507 e. The minimum atomic E-state index is -0.447. The average molecular weight is 433 g/mol. The first-order chi connectivity index (χ1) is 14.4. The Kier molecular flexibility index (Phi) is 7.21. The zero-order chi connectivity index (χ0) is 21.8. The summed E-state index contributed by atoms with van der Waals surface area (Å²) in [6.07, 6.45) is 1.29. The second-order valence-corrected chi connectivity index (χ2v) is 8.09. The summed E-state index contributed by atoms with van der Waals surface area (Å²) in [5.41, 5.74) is 1.71. The normalized spacial score (nSPS) is 16.4. The van der Waals surface area contributed by atoms with Crippen LogP contribution < -0.4 is 5.56 Å². The van der Waals surface area contributed by atoms with Crippen molar-refractivity contribution in [3.63, 3.8) is 0 Å². The van der Waals surface area contributed by atoms with Gasteiger partial charge in [-0.3, -0.25) is 14.5 Å². The van der Waals surface area contributed by atoms with Crippen molar-refractivity contribution in [2.75, 3.05) is 19.7 Å². The highest BCUT2D eigenvalue weighted by molar-refractivity contribution is 6.30. The number of esters is 1. The van der Waals surface area contributed by atoms with Crippen LogP contribution in [0.15, 0.2) is 35.1 Å². The van der Waals surface area contributed by atoms with E-state index in [0.717, 1.165) is 11.3 Å². The second-order valence-electron chi connectivity index (χ2n) is 7.65. The molecule has 0 aliphatic carbocycles. The summed E-state index contributed by atoms with van der Waals surface area (Å²) in [6, 6.07) is 8.58. The number of aromatic hydroxyl groups is 1. The van der Waals surface area contributed by atoms with Gasteiger partial charge in [-0.1, -0.05) is 23.7 Å². The standard InChI is InChI=1S/C23H29ClN2O4/c1-4-26-15(3)13-19(27)20(22(26)28)21(17-7-6-8-18(24)14-17)25-11-9-16(10-12-25)23(29)30-5-2/h6-8,13-14,16,21,27H,4-5,9-12H2,1-3H3/t21-/m1/s1. The minimum absolute atomic E-state index is 0.0142. The number of nitrogens with zero attached hydrogens (tertiary/aromatic N) is 2. The van der Waals surface area contributed by atoms with Crippen LogP contribution >= 0.6 is 11.6 Å². The summed E-state index contributed by atoms with van der Waals surface area (Å²) in [4.78, 5) is 27.6. The molecule has 162 valence electrons. The number of benzene rings is 1. The van der Waals surface area contributed by atoms with Crippen molar-refractivity contribution in [3.8, 4) is 5.75 Å². The molecule has 1 aliphatic heterocycles. The van der Waals surface area contributed by atoms with E-state index in [1.54, 1.807) is 23.6 Å². The van der Waals surface area contributed by atoms with E-state index >= 15 is 0 Å². The van der Waals surface area contributed by atoms with E-state index in [-0.39, 0.29) is 23.2 Å². The molecule has 0 spiro atoms. The Morgan fingerprint density at radius 3 is 2.57 bits per heavy atom. The Balaban J connectivity index is 2.03. The lowest BCUT2D eigenvalue weighted by Crippen LogP contribution is -2.42. The van der Waals surface area contributed by atoms with Gasteiger partial charge in [-0.25, -0.2) is 0 Å². The first-order valence-corrected chi connectivity index (χ1v) is 10.8. The Bertz CT molecular complexity index is 964. The topological polar surface area (TPSA) is 71.8 Å². The summed E-state index contributed by atoms with van der Waals surface area (Å²) in [7, 11) is 0. The SMILES string of the molecule is CCOC(=O)C1CCN([C@H](c2cccc(Cl)c2)c2c(O)cc(C)n(CC)c2=O)CC1. The van der Waals surface area contributed by atoms with Crippen molar-refractivity contribution in [2.45, 2.75) is 46.2 Å². The molecule has 7 heteroatoms. The Hall–Kier alpha value is -2.31. The molecule has 0 bridgehead atoms. The average Bonchev–Trinajstić information content (AvgIpc) is 2.71. The highest BCUT2D eigenvalue weighted by Crippen LogP contribution is 2.36. The highest BCUT2D eigenvalue weighted by atomic mass is 35.5. The number of likely N-dealkylation sites (tertiary alicyclic amines) is 1. The predicted molar refractivity (Wildman–Crippen MR) is 117 cm³/mol. The summed E-state index contributed by atoms with van der Waals surface area (Å²) in [6.45, 7) is 7.64. The number of carbonyl (C=O) groups is 1. The molecule has 1 saturated heterocycles. The largest absolute Gasteiger partial charge is 0.507 e. The highest BCUT2D eigenvalue weighted by Gasteiger charge is 2.34. The fraction of sp³-hybridized carbons (Fsp3) is 0.478. The molecule has 30 heavy (non-hydrogen) atoms. The van der Waals surface area contributed by atoms with E-state index in [0.29, 0.717) is 49.7 Å². The van der Waals surface area contributed by atoms with Crippen LogP contribution in [0.2, 0.25) is 5.02 Å². The van der Waals surface area contributed by atoms with E-state index in [9.17, 15) is 14.7 Å². The van der Waals surface area contributed by atoms with E-state index < -0.39 is 6.04 Å². The van der Waals surface area contributed by atoms with Crippen molar-refractivity contribution in [1.82, 2.24) is 9.47 Å². The van der Waals surface area contributed by atoms with Gasteiger partial charge in [0.05, 0.1) is 24.1 Å². The summed E-state index contributed by atoms with van der Waals surface area (Å²) in [5, 5.41) is 11.4. The lowest BCUT2D eigenvalue weighted by Gasteiger charge is -2.37. The van der Waals surface area contributed by atoms with Crippen LogP contribution in [0, 0.1) is 12.8 Å². The second kappa shape index (κ2) is 9.67. The van der Waals surface area contributed by atoms with E-state index in [1.807, 2.05) is 32.0 Å². The number of hydrogen-bond acceptors (Lipinski definition) is 5. The maximum Gasteiger partial charge on any atom is 0.309 e. The smallest absolute Gasteiger partial charge is 0.309 e. The summed E-state index contributed by atoms with van der Waals surface area (Å²) < 4.78 is 6.84. The number of carbonyl (C=O) groups excluding carboxylic acids is 1. The van der Waals surface area contributed by atoms with Gasteiger partial charge in [0.15, 0.2) is 0 Å². The van der Waals surface area contributed by atoms with Crippen LogP contribution in [0.25, 0.3) is 0 Å². The van der Waals surface area contributed by atoms with Crippen LogP contribution in [-0.4, -0.2) is 40.2 Å². The number of halogens is 1. The first-order valence-electron chi connectivity index (χ1n) is 10.5. The molecule has 3 rings (SSSR count). The van der Waals surface area contributed by atoms with Crippen LogP contribution in [0.5, 0.6) is 5.75 Å². The van der Waals surface area contributed by atoms with Crippen molar-refractivity contribution in [2.24, 2.45) is 5.92 Å². The molecule has 1 fully saturated rings. The molecule has 1 aliphatic rings. The monoisotopic (exact) mass is 432 g/mol. The molecule has 2 heterocycles. The number of piperidine rings is 1. The van der Waals surface area contributed by atoms with E-state index in [1.165, 1.54) is 0 Å². The third-order valence-corrected chi connectivity index (χ3v) is 6.03. The molecule has 1 aromatic carbocycles. The number of aromatic nitrogens is 1. The number of ether oxygens (including phenoxy) is 1. The zero-order valence-corrected chi connectivity index (χ0v) is 18.5. The third-order valence-electron chi connectivity index (χ3n) is 5.79. The molecule has 0 unspecified atom stereocenters. The number of hydrogen-bond donors (Lipinski definition) is 1. The van der Waals surface area contributed by atoms with Gasteiger partial charge in [-0.05, 0) is 70.5 Å². The number of pyridine rings is 1. The number of aryl methyl sites for hydroxylation is 1. The van der Waals surface area contributed by atoms with E-state index in [2.05, 4.69) is 4.90 Å². The fourth-order valence-corrected chi connectivity index (χ4v) is 4.51. The third kappa shape index (κ3) is 4.55. The Labute approximate surface area is 182 Å². The number of rotatable bonds is 6. The molecular weight excluding hydrogens is 404 g/mol. The lowest BCUT2D eigenvalue weighted by molar-refractivity contribution is -0.149. The molecule has 1 atom stereocenters.